The lowest BCUT2D eigenvalue weighted by atomic mass is 10.1. The van der Waals surface area contributed by atoms with Crippen molar-refractivity contribution >= 4 is 40.9 Å². The molecule has 0 saturated carbocycles. The zero-order chi connectivity index (χ0) is 23.3. The topological polar surface area (TPSA) is 72.8 Å². The van der Waals surface area contributed by atoms with Crippen LogP contribution in [-0.4, -0.2) is 28.3 Å². The summed E-state index contributed by atoms with van der Waals surface area (Å²) in [6.07, 6.45) is 1.54. The Balaban J connectivity index is 1.54. The monoisotopic (exact) mass is 463 g/mol. The van der Waals surface area contributed by atoms with Crippen LogP contribution in [0, 0.1) is 19.7 Å². The van der Waals surface area contributed by atoms with Crippen LogP contribution in [0.1, 0.15) is 17.0 Å². The summed E-state index contributed by atoms with van der Waals surface area (Å²) in [4.78, 5) is 27.0. The van der Waals surface area contributed by atoms with E-state index in [0.29, 0.717) is 22.7 Å². The van der Waals surface area contributed by atoms with Gasteiger partial charge in [0.2, 0.25) is 6.79 Å². The number of halogens is 1. The van der Waals surface area contributed by atoms with E-state index in [0.717, 1.165) is 17.1 Å². The Kier molecular flexibility index (Phi) is 4.98. The number of ether oxygens (including phenoxy) is 2. The van der Waals surface area contributed by atoms with Gasteiger partial charge < -0.3 is 14.0 Å². The molecule has 1 fully saturated rings. The second-order valence-corrected chi connectivity index (χ2v) is 8.02. The maximum Gasteiger partial charge on any atom is 0.270 e. The Hall–Kier alpha value is -3.98. The number of rotatable bonds is 3. The smallest absolute Gasteiger partial charge is 0.270 e. The summed E-state index contributed by atoms with van der Waals surface area (Å²) in [5.74, 6) is -0.264. The van der Waals surface area contributed by atoms with Crippen LogP contribution in [0.15, 0.2) is 54.1 Å². The van der Waals surface area contributed by atoms with Gasteiger partial charge in [0.05, 0.1) is 5.69 Å². The first kappa shape index (κ1) is 20.9. The fourth-order valence-corrected chi connectivity index (χ4v) is 4.27. The molecule has 1 aromatic heterocycles. The third kappa shape index (κ3) is 3.56. The number of anilines is 1. The van der Waals surface area contributed by atoms with Gasteiger partial charge in [0.25, 0.3) is 11.8 Å². The van der Waals surface area contributed by atoms with Crippen LogP contribution in [-0.2, 0) is 9.59 Å². The van der Waals surface area contributed by atoms with E-state index >= 15 is 0 Å². The van der Waals surface area contributed by atoms with Gasteiger partial charge in [-0.1, -0.05) is 0 Å². The zero-order valence-corrected chi connectivity index (χ0v) is 18.5. The van der Waals surface area contributed by atoms with Crippen LogP contribution in [0.25, 0.3) is 11.8 Å². The van der Waals surface area contributed by atoms with Crippen LogP contribution in [0.5, 0.6) is 11.5 Å². The third-order valence-electron chi connectivity index (χ3n) is 5.57. The second-order valence-electron chi connectivity index (χ2n) is 7.63. The van der Waals surface area contributed by atoms with Crippen LogP contribution in [0.4, 0.5) is 10.1 Å². The van der Waals surface area contributed by atoms with Gasteiger partial charge in [-0.25, -0.2) is 4.39 Å². The molecule has 0 unspecified atom stereocenters. The molecule has 0 bridgehead atoms. The van der Waals surface area contributed by atoms with Crippen molar-refractivity contribution < 1.29 is 23.5 Å². The molecule has 33 heavy (non-hydrogen) atoms. The molecule has 2 aliphatic heterocycles. The highest BCUT2D eigenvalue weighted by atomic mass is 32.1. The third-order valence-corrected chi connectivity index (χ3v) is 5.86. The quantitative estimate of drug-likeness (QED) is 0.364. The lowest BCUT2D eigenvalue weighted by Crippen LogP contribution is -2.54. The van der Waals surface area contributed by atoms with Crippen LogP contribution in [0.2, 0.25) is 0 Å². The number of hydrogen-bond acceptors (Lipinski definition) is 5. The number of aromatic nitrogens is 1. The van der Waals surface area contributed by atoms with Gasteiger partial charge in [-0.15, -0.1) is 0 Å². The van der Waals surface area contributed by atoms with Gasteiger partial charge in [-0.2, -0.15) is 0 Å². The Morgan fingerprint density at radius 3 is 2.45 bits per heavy atom. The Bertz CT molecular complexity index is 1360. The van der Waals surface area contributed by atoms with E-state index in [2.05, 4.69) is 5.32 Å². The summed E-state index contributed by atoms with van der Waals surface area (Å²) in [5.41, 5.74) is 3.61. The molecule has 2 aromatic carbocycles. The summed E-state index contributed by atoms with van der Waals surface area (Å²) in [7, 11) is 0. The van der Waals surface area contributed by atoms with E-state index in [9.17, 15) is 14.0 Å². The van der Waals surface area contributed by atoms with Crippen LogP contribution >= 0.6 is 12.2 Å². The minimum absolute atomic E-state index is 0.0559. The summed E-state index contributed by atoms with van der Waals surface area (Å²) < 4.78 is 26.2. The molecule has 9 heteroatoms. The molecule has 3 heterocycles. The molecule has 0 aliphatic carbocycles. The lowest BCUT2D eigenvalue weighted by Gasteiger charge is -2.28. The van der Waals surface area contributed by atoms with Gasteiger partial charge in [0.15, 0.2) is 16.6 Å². The molecule has 1 N–H and O–H groups in total. The predicted molar refractivity (Wildman–Crippen MR) is 124 cm³/mol. The van der Waals surface area contributed by atoms with Crippen molar-refractivity contribution in [1.82, 2.24) is 9.88 Å². The number of nitrogens with zero attached hydrogens (tertiary/aromatic N) is 2. The molecule has 1 saturated heterocycles. The average molecular weight is 463 g/mol. The Morgan fingerprint density at radius 1 is 1.00 bits per heavy atom. The Labute approximate surface area is 194 Å². The van der Waals surface area contributed by atoms with Crippen molar-refractivity contribution in [2.45, 2.75) is 13.8 Å². The molecule has 2 aliphatic rings. The van der Waals surface area contributed by atoms with Gasteiger partial charge in [-0.3, -0.25) is 19.8 Å². The molecular weight excluding hydrogens is 445 g/mol. The van der Waals surface area contributed by atoms with Gasteiger partial charge >= 0.3 is 0 Å². The van der Waals surface area contributed by atoms with E-state index in [1.54, 1.807) is 6.08 Å². The number of benzene rings is 2. The highest BCUT2D eigenvalue weighted by Crippen LogP contribution is 2.35. The van der Waals surface area contributed by atoms with Gasteiger partial charge in [0, 0.05) is 23.1 Å². The highest BCUT2D eigenvalue weighted by Gasteiger charge is 2.34. The SMILES string of the molecule is Cc1cc(C=C2C(=O)NC(=S)N(c3ccc(F)cc3)C2=O)c(C)n1-c1ccc2c(c1)OCO2. The fourth-order valence-electron chi connectivity index (χ4n) is 3.99. The molecule has 2 amide bonds. The summed E-state index contributed by atoms with van der Waals surface area (Å²) >= 11 is 5.19. The maximum absolute atomic E-state index is 13.3. The largest absolute Gasteiger partial charge is 0.454 e. The average Bonchev–Trinajstić information content (AvgIpc) is 3.35. The molecule has 166 valence electrons. The summed E-state index contributed by atoms with van der Waals surface area (Å²) in [6.45, 7) is 4.02. The zero-order valence-electron chi connectivity index (χ0n) is 17.7. The molecule has 0 atom stereocenters. The van der Waals surface area contributed by atoms with Gasteiger partial charge in [0.1, 0.15) is 11.4 Å². The number of carbonyl (C=O) groups is 2. The molecule has 5 rings (SSSR count). The van der Waals surface area contributed by atoms with Crippen molar-refractivity contribution in [1.29, 1.82) is 0 Å². The van der Waals surface area contributed by atoms with Crippen molar-refractivity contribution in [2.24, 2.45) is 0 Å². The maximum atomic E-state index is 13.3. The van der Waals surface area contributed by atoms with E-state index < -0.39 is 17.6 Å². The molecule has 7 nitrogen and oxygen atoms in total. The first-order valence-electron chi connectivity index (χ1n) is 10.1. The second kappa shape index (κ2) is 7.86. The number of hydrogen-bond donors (Lipinski definition) is 1. The van der Waals surface area contributed by atoms with Crippen molar-refractivity contribution in [3.8, 4) is 17.2 Å². The summed E-state index contributed by atoms with van der Waals surface area (Å²) in [5, 5.41) is 2.49. The van der Waals surface area contributed by atoms with E-state index in [1.165, 1.54) is 29.2 Å². The standard InChI is InChI=1S/C24H18FN3O4S/c1-13-9-15(14(2)27(13)18-7-8-20-21(11-18)32-12-31-20)10-19-22(29)26-24(33)28(23(19)30)17-5-3-16(25)4-6-17/h3-11H,12H2,1-2H3,(H,26,29,33). The number of carbonyl (C=O) groups excluding carboxylic acids is 2. The number of nitrogens with one attached hydrogen (secondary N) is 1. The first-order chi connectivity index (χ1) is 15.8. The van der Waals surface area contributed by atoms with Crippen LogP contribution < -0.4 is 19.7 Å². The molecular formula is C24H18FN3O4S. The van der Waals surface area contributed by atoms with E-state index in [4.69, 9.17) is 21.7 Å². The highest BCUT2D eigenvalue weighted by molar-refractivity contribution is 7.80. The Morgan fingerprint density at radius 2 is 1.70 bits per heavy atom. The number of thiocarbonyl (C=S) groups is 1. The molecule has 3 aromatic rings. The fraction of sp³-hybridized carbons (Fsp3) is 0.125. The van der Waals surface area contributed by atoms with E-state index in [1.807, 2.05) is 42.7 Å². The normalized spacial score (nSPS) is 16.5. The van der Waals surface area contributed by atoms with Crippen molar-refractivity contribution in [3.63, 3.8) is 0 Å². The minimum Gasteiger partial charge on any atom is -0.454 e. The van der Waals surface area contributed by atoms with Crippen LogP contribution in [0.3, 0.4) is 0 Å². The first-order valence-corrected chi connectivity index (χ1v) is 10.5. The molecule has 0 spiro atoms. The van der Waals surface area contributed by atoms with Crippen molar-refractivity contribution in [3.05, 3.63) is 76.9 Å². The number of aryl methyl sites for hydroxylation is 1. The lowest BCUT2D eigenvalue weighted by molar-refractivity contribution is -0.122. The van der Waals surface area contributed by atoms with Gasteiger partial charge in [-0.05, 0) is 80.2 Å². The minimum atomic E-state index is -0.587. The van der Waals surface area contributed by atoms with Crippen molar-refractivity contribution in [2.75, 3.05) is 11.7 Å². The van der Waals surface area contributed by atoms with E-state index in [-0.39, 0.29) is 17.5 Å². The predicted octanol–water partition coefficient (Wildman–Crippen LogP) is 3.79. The molecule has 0 radical (unpaired) electrons. The number of amides is 2. The summed E-state index contributed by atoms with van der Waals surface area (Å²) in [6, 6.07) is 12.8. The number of fused-ring (bicyclic) bond motifs is 1.